The molecular formula is C17H23NO7. The predicted octanol–water partition coefficient (Wildman–Crippen LogP) is 0.687. The molecule has 1 aliphatic heterocycles. The number of hydrogen-bond acceptors (Lipinski definition) is 5. The molecule has 8 nitrogen and oxygen atoms in total. The zero-order valence-corrected chi connectivity index (χ0v) is 13.9. The Morgan fingerprint density at radius 1 is 1.12 bits per heavy atom. The first-order valence-electron chi connectivity index (χ1n) is 7.83. The molecule has 0 aliphatic carbocycles. The van der Waals surface area contributed by atoms with Gasteiger partial charge < -0.3 is 25.7 Å². The third-order valence-corrected chi connectivity index (χ3v) is 3.89. The van der Waals surface area contributed by atoms with Gasteiger partial charge in [0.15, 0.2) is 5.60 Å². The van der Waals surface area contributed by atoms with Gasteiger partial charge in [-0.25, -0.2) is 4.79 Å². The molecule has 0 amide bonds. The van der Waals surface area contributed by atoms with Crippen LogP contribution in [-0.4, -0.2) is 57.0 Å². The standard InChI is InChI=1S/C11H15N.C6H8O7/c1-9-8-12-7-6-10-4-2-3-5-11(9)10;7-3(8)1-6(13,5(11)12)2-4(9)10/h2-5,9,12H,6-8H2,1H3;13H,1-2H2,(H,7,8)(H,9,10)(H,11,12). The van der Waals surface area contributed by atoms with Crippen molar-refractivity contribution in [3.8, 4) is 0 Å². The third kappa shape index (κ3) is 6.52. The maximum Gasteiger partial charge on any atom is 0.336 e. The molecule has 138 valence electrons. The molecule has 1 aromatic carbocycles. The van der Waals surface area contributed by atoms with Crippen molar-refractivity contribution in [2.24, 2.45) is 0 Å². The van der Waals surface area contributed by atoms with Crippen molar-refractivity contribution in [3.63, 3.8) is 0 Å². The molecule has 5 N–H and O–H groups in total. The Hall–Kier alpha value is -2.45. The van der Waals surface area contributed by atoms with Gasteiger partial charge in [0.25, 0.3) is 0 Å². The minimum absolute atomic E-state index is 0.670. The molecule has 0 saturated heterocycles. The molecule has 1 heterocycles. The molecule has 1 unspecified atom stereocenters. The average molecular weight is 353 g/mol. The normalized spacial score (nSPS) is 16.6. The summed E-state index contributed by atoms with van der Waals surface area (Å²) in [6.45, 7) is 4.54. The molecule has 1 aliphatic rings. The Morgan fingerprint density at radius 2 is 1.68 bits per heavy atom. The third-order valence-electron chi connectivity index (χ3n) is 3.89. The number of fused-ring (bicyclic) bond motifs is 1. The summed E-state index contributed by atoms with van der Waals surface area (Å²) < 4.78 is 0. The van der Waals surface area contributed by atoms with Crippen LogP contribution in [0.15, 0.2) is 24.3 Å². The van der Waals surface area contributed by atoms with Crippen LogP contribution in [-0.2, 0) is 20.8 Å². The van der Waals surface area contributed by atoms with Gasteiger partial charge in [-0.15, -0.1) is 0 Å². The molecular weight excluding hydrogens is 330 g/mol. The molecule has 1 aromatic rings. The minimum Gasteiger partial charge on any atom is -0.481 e. The minimum atomic E-state index is -2.74. The largest absolute Gasteiger partial charge is 0.481 e. The monoisotopic (exact) mass is 353 g/mol. The van der Waals surface area contributed by atoms with Gasteiger partial charge in [0.2, 0.25) is 0 Å². The fourth-order valence-corrected chi connectivity index (χ4v) is 2.61. The number of nitrogens with one attached hydrogen (secondary N) is 1. The summed E-state index contributed by atoms with van der Waals surface area (Å²) in [5.74, 6) is -4.35. The Labute approximate surface area is 145 Å². The quantitative estimate of drug-likeness (QED) is 0.520. The van der Waals surface area contributed by atoms with Crippen molar-refractivity contribution in [1.82, 2.24) is 5.32 Å². The topological polar surface area (TPSA) is 144 Å². The maximum absolute atomic E-state index is 10.3. The highest BCUT2D eigenvalue weighted by Crippen LogP contribution is 2.21. The van der Waals surface area contributed by atoms with Gasteiger partial charge in [0, 0.05) is 6.54 Å². The number of hydrogen-bond donors (Lipinski definition) is 5. The Balaban J connectivity index is 0.000000250. The van der Waals surface area contributed by atoms with Crippen LogP contribution in [0.4, 0.5) is 0 Å². The van der Waals surface area contributed by atoms with E-state index in [1.807, 2.05) is 0 Å². The van der Waals surface area contributed by atoms with E-state index in [1.165, 1.54) is 17.5 Å². The molecule has 8 heteroatoms. The van der Waals surface area contributed by atoms with Crippen LogP contribution in [0.2, 0.25) is 0 Å². The molecule has 1 atom stereocenters. The van der Waals surface area contributed by atoms with Crippen LogP contribution in [0.3, 0.4) is 0 Å². The number of aliphatic carboxylic acids is 3. The predicted molar refractivity (Wildman–Crippen MR) is 88.5 cm³/mol. The van der Waals surface area contributed by atoms with Crippen molar-refractivity contribution in [2.45, 2.75) is 37.7 Å². The number of carboxylic acid groups (broad SMARTS) is 3. The summed E-state index contributed by atoms with van der Waals surface area (Å²) in [6, 6.07) is 8.78. The summed E-state index contributed by atoms with van der Waals surface area (Å²) in [5.41, 5.74) is 0.315. The zero-order valence-electron chi connectivity index (χ0n) is 13.9. The van der Waals surface area contributed by atoms with Crippen molar-refractivity contribution in [1.29, 1.82) is 0 Å². The zero-order chi connectivity index (χ0) is 19.0. The first kappa shape index (κ1) is 20.6. The molecule has 0 aromatic heterocycles. The molecule has 25 heavy (non-hydrogen) atoms. The lowest BCUT2D eigenvalue weighted by Gasteiger charge is -2.18. The summed E-state index contributed by atoms with van der Waals surface area (Å²) in [6.07, 6.45) is -1.11. The Bertz CT molecular complexity index is 613. The maximum atomic E-state index is 10.3. The van der Waals surface area contributed by atoms with E-state index >= 15 is 0 Å². The molecule has 0 radical (unpaired) electrons. The second-order valence-electron chi connectivity index (χ2n) is 6.03. The highest BCUT2D eigenvalue weighted by atomic mass is 16.4. The second-order valence-corrected chi connectivity index (χ2v) is 6.03. The van der Waals surface area contributed by atoms with Gasteiger partial charge in [-0.1, -0.05) is 31.2 Å². The second kappa shape index (κ2) is 9.14. The lowest BCUT2D eigenvalue weighted by molar-refractivity contribution is -0.170. The summed E-state index contributed by atoms with van der Waals surface area (Å²) >= 11 is 0. The lowest BCUT2D eigenvalue weighted by atomic mass is 9.96. The van der Waals surface area contributed by atoms with Gasteiger partial charge in [-0.3, -0.25) is 9.59 Å². The van der Waals surface area contributed by atoms with E-state index in [-0.39, 0.29) is 0 Å². The molecule has 0 bridgehead atoms. The van der Waals surface area contributed by atoms with Crippen molar-refractivity contribution >= 4 is 17.9 Å². The molecule has 2 rings (SSSR count). The molecule has 0 spiro atoms. The summed E-state index contributed by atoms with van der Waals surface area (Å²) in [4.78, 5) is 30.5. The van der Waals surface area contributed by atoms with E-state index < -0.39 is 36.4 Å². The van der Waals surface area contributed by atoms with Crippen molar-refractivity contribution in [2.75, 3.05) is 13.1 Å². The average Bonchev–Trinajstić information content (AvgIpc) is 2.68. The number of rotatable bonds is 5. The van der Waals surface area contributed by atoms with Crippen LogP contribution in [0.5, 0.6) is 0 Å². The molecule has 0 saturated carbocycles. The van der Waals surface area contributed by atoms with E-state index in [4.69, 9.17) is 20.4 Å². The van der Waals surface area contributed by atoms with E-state index in [0.29, 0.717) is 5.92 Å². The van der Waals surface area contributed by atoms with E-state index in [1.54, 1.807) is 0 Å². The van der Waals surface area contributed by atoms with Crippen molar-refractivity contribution < 1.29 is 34.8 Å². The molecule has 0 fully saturated rings. The smallest absolute Gasteiger partial charge is 0.336 e. The first-order valence-corrected chi connectivity index (χ1v) is 7.83. The van der Waals surface area contributed by atoms with Gasteiger partial charge >= 0.3 is 17.9 Å². The van der Waals surface area contributed by atoms with Crippen LogP contribution in [0.25, 0.3) is 0 Å². The van der Waals surface area contributed by atoms with Crippen LogP contribution < -0.4 is 5.32 Å². The van der Waals surface area contributed by atoms with E-state index in [9.17, 15) is 14.4 Å². The fourth-order valence-electron chi connectivity index (χ4n) is 2.61. The van der Waals surface area contributed by atoms with Crippen molar-refractivity contribution in [3.05, 3.63) is 35.4 Å². The Morgan fingerprint density at radius 3 is 2.20 bits per heavy atom. The van der Waals surface area contributed by atoms with Crippen LogP contribution in [0, 0.1) is 0 Å². The van der Waals surface area contributed by atoms with Gasteiger partial charge in [-0.2, -0.15) is 0 Å². The Kier molecular flexibility index (Phi) is 7.53. The number of carbonyl (C=O) groups is 3. The van der Waals surface area contributed by atoms with E-state index in [2.05, 4.69) is 36.5 Å². The van der Waals surface area contributed by atoms with Gasteiger partial charge in [0.05, 0.1) is 12.8 Å². The number of benzene rings is 1. The van der Waals surface area contributed by atoms with Crippen LogP contribution in [0.1, 0.15) is 36.8 Å². The lowest BCUT2D eigenvalue weighted by Crippen LogP contribution is -2.42. The number of aliphatic hydroxyl groups is 1. The van der Waals surface area contributed by atoms with Gasteiger partial charge in [-0.05, 0) is 30.0 Å². The SMILES string of the molecule is CC1CNCCc2ccccc21.O=C(O)CC(O)(CC(=O)O)C(=O)O. The van der Waals surface area contributed by atoms with Gasteiger partial charge in [0.1, 0.15) is 0 Å². The van der Waals surface area contributed by atoms with Crippen LogP contribution >= 0.6 is 0 Å². The highest BCUT2D eigenvalue weighted by molar-refractivity contribution is 5.88. The first-order chi connectivity index (χ1) is 11.7. The van der Waals surface area contributed by atoms with E-state index in [0.717, 1.165) is 13.1 Å². The number of carboxylic acids is 3. The fraction of sp³-hybridized carbons (Fsp3) is 0.471. The summed E-state index contributed by atoms with van der Waals surface area (Å²) in [7, 11) is 0. The highest BCUT2D eigenvalue weighted by Gasteiger charge is 2.40. The summed E-state index contributed by atoms with van der Waals surface area (Å²) in [5, 5.41) is 37.3.